The van der Waals surface area contributed by atoms with Crippen LogP contribution in [0.3, 0.4) is 0 Å². The van der Waals surface area contributed by atoms with Crippen molar-refractivity contribution in [1.29, 1.82) is 0 Å². The summed E-state index contributed by atoms with van der Waals surface area (Å²) in [4.78, 5) is 11.1. The van der Waals surface area contributed by atoms with Crippen molar-refractivity contribution in [3.05, 3.63) is 62.3 Å². The van der Waals surface area contributed by atoms with Crippen LogP contribution >= 0.6 is 27.5 Å². The fourth-order valence-electron chi connectivity index (χ4n) is 1.94. The van der Waals surface area contributed by atoms with E-state index >= 15 is 0 Å². The molecule has 110 valence electrons. The van der Waals surface area contributed by atoms with Crippen molar-refractivity contribution in [3.63, 3.8) is 0 Å². The van der Waals surface area contributed by atoms with Gasteiger partial charge in [0.25, 0.3) is 0 Å². The van der Waals surface area contributed by atoms with Crippen LogP contribution in [0.25, 0.3) is 0 Å². The quantitative estimate of drug-likeness (QED) is 0.843. The Morgan fingerprint density at radius 1 is 1.38 bits per heavy atom. The van der Waals surface area contributed by atoms with Gasteiger partial charge in [-0.1, -0.05) is 17.7 Å². The van der Waals surface area contributed by atoms with Crippen LogP contribution in [0.15, 0.2) is 34.8 Å². The second-order valence-corrected chi connectivity index (χ2v) is 5.87. The summed E-state index contributed by atoms with van der Waals surface area (Å²) >= 11 is 9.29. The van der Waals surface area contributed by atoms with Gasteiger partial charge in [-0.05, 0) is 58.2 Å². The smallest absolute Gasteiger partial charge is 0.248 e. The van der Waals surface area contributed by atoms with Gasteiger partial charge in [-0.3, -0.25) is 4.79 Å². The van der Waals surface area contributed by atoms with E-state index in [1.807, 2.05) is 13.0 Å². The maximum Gasteiger partial charge on any atom is 0.248 e. The first kappa shape index (κ1) is 15.8. The molecule has 1 amide bonds. The molecule has 21 heavy (non-hydrogen) atoms. The molecule has 0 aromatic heterocycles. The fourth-order valence-corrected chi connectivity index (χ4v) is 2.90. The van der Waals surface area contributed by atoms with E-state index in [-0.39, 0.29) is 0 Å². The number of rotatable bonds is 4. The Morgan fingerprint density at radius 2 is 2.10 bits per heavy atom. The summed E-state index contributed by atoms with van der Waals surface area (Å²) in [5, 5.41) is 3.45. The molecule has 0 radical (unpaired) electrons. The van der Waals surface area contributed by atoms with E-state index in [1.165, 1.54) is 12.1 Å². The molecule has 0 atom stereocenters. The highest BCUT2D eigenvalue weighted by Gasteiger charge is 2.09. The number of hydrogen-bond acceptors (Lipinski definition) is 2. The zero-order chi connectivity index (χ0) is 15.6. The molecular weight excluding hydrogens is 359 g/mol. The highest BCUT2D eigenvalue weighted by atomic mass is 79.9. The summed E-state index contributed by atoms with van der Waals surface area (Å²) in [7, 11) is 0. The fraction of sp³-hybridized carbons (Fsp3) is 0.133. The normalized spacial score (nSPS) is 10.5. The lowest BCUT2D eigenvalue weighted by Crippen LogP contribution is -2.12. The molecule has 0 saturated heterocycles. The predicted molar refractivity (Wildman–Crippen MR) is 86.1 cm³/mol. The highest BCUT2D eigenvalue weighted by molar-refractivity contribution is 9.10. The number of carbonyl (C=O) groups excluding carboxylic acids is 1. The van der Waals surface area contributed by atoms with Crippen molar-refractivity contribution in [2.45, 2.75) is 13.5 Å². The number of halogens is 3. The molecule has 3 nitrogen and oxygen atoms in total. The van der Waals surface area contributed by atoms with E-state index in [0.29, 0.717) is 27.3 Å². The maximum atomic E-state index is 13.2. The third-order valence-electron chi connectivity index (χ3n) is 3.09. The maximum absolute atomic E-state index is 13.2. The van der Waals surface area contributed by atoms with Crippen LogP contribution in [0.1, 0.15) is 21.5 Å². The van der Waals surface area contributed by atoms with Crippen LogP contribution in [0.5, 0.6) is 0 Å². The van der Waals surface area contributed by atoms with Crippen LogP contribution in [0.2, 0.25) is 5.02 Å². The van der Waals surface area contributed by atoms with Crippen LogP contribution < -0.4 is 11.1 Å². The highest BCUT2D eigenvalue weighted by Crippen LogP contribution is 2.32. The van der Waals surface area contributed by atoms with Crippen molar-refractivity contribution >= 4 is 39.1 Å². The molecule has 0 unspecified atom stereocenters. The van der Waals surface area contributed by atoms with E-state index in [2.05, 4.69) is 21.2 Å². The molecule has 0 aliphatic carbocycles. The average molecular weight is 372 g/mol. The van der Waals surface area contributed by atoms with E-state index in [1.54, 1.807) is 12.1 Å². The number of hydrogen-bond donors (Lipinski definition) is 2. The van der Waals surface area contributed by atoms with Crippen molar-refractivity contribution in [2.24, 2.45) is 5.73 Å². The summed E-state index contributed by atoms with van der Waals surface area (Å²) in [6, 6.07) is 7.83. The Kier molecular flexibility index (Phi) is 4.85. The topological polar surface area (TPSA) is 55.1 Å². The third kappa shape index (κ3) is 3.74. The van der Waals surface area contributed by atoms with Gasteiger partial charge in [-0.15, -0.1) is 0 Å². The summed E-state index contributed by atoms with van der Waals surface area (Å²) in [5.41, 5.74) is 8.26. The standard InChI is InChI=1S/C15H13BrClFN2O/c1-8-4-9(15(19)21)2-3-10(8)7-20-14-12(16)5-11(18)6-13(14)17/h2-6,20H,7H2,1H3,(H2,19,21). The lowest BCUT2D eigenvalue weighted by Gasteiger charge is -2.13. The number of carbonyl (C=O) groups is 1. The minimum atomic E-state index is -0.457. The molecule has 0 aliphatic heterocycles. The summed E-state index contributed by atoms with van der Waals surface area (Å²) in [6.07, 6.45) is 0. The Labute approximate surface area is 135 Å². The number of nitrogens with one attached hydrogen (secondary N) is 1. The second-order valence-electron chi connectivity index (χ2n) is 4.60. The monoisotopic (exact) mass is 370 g/mol. The molecule has 0 heterocycles. The number of primary amides is 1. The van der Waals surface area contributed by atoms with Gasteiger partial charge in [0.1, 0.15) is 5.82 Å². The predicted octanol–water partition coefficient (Wildman–Crippen LogP) is 4.26. The number of nitrogens with two attached hydrogens (primary N) is 1. The summed E-state index contributed by atoms with van der Waals surface area (Å²) in [5.74, 6) is -0.860. The molecule has 0 spiro atoms. The van der Waals surface area contributed by atoms with E-state index in [4.69, 9.17) is 17.3 Å². The summed E-state index contributed by atoms with van der Waals surface area (Å²) in [6.45, 7) is 2.39. The zero-order valence-electron chi connectivity index (χ0n) is 11.2. The number of amides is 1. The van der Waals surface area contributed by atoms with Gasteiger partial charge in [0.05, 0.1) is 10.7 Å². The molecule has 2 rings (SSSR count). The van der Waals surface area contributed by atoms with Gasteiger partial charge in [0.2, 0.25) is 5.91 Å². The molecule has 0 aliphatic rings. The van der Waals surface area contributed by atoms with Crippen LogP contribution in [-0.4, -0.2) is 5.91 Å². The third-order valence-corrected chi connectivity index (χ3v) is 4.01. The average Bonchev–Trinajstić information content (AvgIpc) is 2.38. The molecule has 6 heteroatoms. The summed E-state index contributed by atoms with van der Waals surface area (Å²) < 4.78 is 13.7. The van der Waals surface area contributed by atoms with Crippen LogP contribution in [-0.2, 0) is 6.54 Å². The van der Waals surface area contributed by atoms with Crippen LogP contribution in [0, 0.1) is 12.7 Å². The Bertz CT molecular complexity index is 683. The van der Waals surface area contributed by atoms with Gasteiger partial charge in [0, 0.05) is 16.6 Å². The minimum Gasteiger partial charge on any atom is -0.379 e. The van der Waals surface area contributed by atoms with Gasteiger partial charge < -0.3 is 11.1 Å². The lowest BCUT2D eigenvalue weighted by atomic mass is 10.0. The molecule has 0 saturated carbocycles. The number of aryl methyl sites for hydroxylation is 1. The van der Waals surface area contributed by atoms with Gasteiger partial charge in [-0.25, -0.2) is 4.39 Å². The van der Waals surface area contributed by atoms with Crippen molar-refractivity contribution in [3.8, 4) is 0 Å². The van der Waals surface area contributed by atoms with Crippen LogP contribution in [0.4, 0.5) is 10.1 Å². The van der Waals surface area contributed by atoms with Crippen molar-refractivity contribution in [2.75, 3.05) is 5.32 Å². The van der Waals surface area contributed by atoms with Gasteiger partial charge >= 0.3 is 0 Å². The molecule has 0 bridgehead atoms. The molecule has 2 aromatic rings. The Balaban J connectivity index is 2.19. The number of anilines is 1. The molecule has 0 fully saturated rings. The van der Waals surface area contributed by atoms with Crippen molar-refractivity contribution in [1.82, 2.24) is 0 Å². The van der Waals surface area contributed by atoms with Gasteiger partial charge in [-0.2, -0.15) is 0 Å². The van der Waals surface area contributed by atoms with Gasteiger partial charge in [0.15, 0.2) is 0 Å². The first-order valence-corrected chi connectivity index (χ1v) is 7.33. The molecule has 3 N–H and O–H groups in total. The zero-order valence-corrected chi connectivity index (χ0v) is 13.6. The second kappa shape index (κ2) is 6.45. The van der Waals surface area contributed by atoms with E-state index < -0.39 is 11.7 Å². The number of benzene rings is 2. The largest absolute Gasteiger partial charge is 0.379 e. The minimum absolute atomic E-state index is 0.299. The van der Waals surface area contributed by atoms with E-state index in [0.717, 1.165) is 11.1 Å². The molecular formula is C15H13BrClFN2O. The molecule has 2 aromatic carbocycles. The van der Waals surface area contributed by atoms with Crippen molar-refractivity contribution < 1.29 is 9.18 Å². The first-order chi connectivity index (χ1) is 9.88. The first-order valence-electron chi connectivity index (χ1n) is 6.16. The SMILES string of the molecule is Cc1cc(C(N)=O)ccc1CNc1c(Cl)cc(F)cc1Br. The Morgan fingerprint density at radius 3 is 2.67 bits per heavy atom. The van der Waals surface area contributed by atoms with E-state index in [9.17, 15) is 9.18 Å². The lowest BCUT2D eigenvalue weighted by molar-refractivity contribution is 0.1000. The Hall–Kier alpha value is -1.59.